The Morgan fingerprint density at radius 1 is 1.30 bits per heavy atom. The van der Waals surface area contributed by atoms with E-state index in [2.05, 4.69) is 5.32 Å². The van der Waals surface area contributed by atoms with Gasteiger partial charge in [-0.05, 0) is 30.0 Å². The van der Waals surface area contributed by atoms with Crippen molar-refractivity contribution >= 4 is 11.9 Å². The van der Waals surface area contributed by atoms with E-state index in [1.165, 1.54) is 7.11 Å². The van der Waals surface area contributed by atoms with Gasteiger partial charge in [0.2, 0.25) is 5.91 Å². The minimum absolute atomic E-state index is 0.158. The maximum Gasteiger partial charge on any atom is 0.328 e. The van der Waals surface area contributed by atoms with E-state index in [-0.39, 0.29) is 12.3 Å². The summed E-state index contributed by atoms with van der Waals surface area (Å²) < 4.78 is 4.70. The van der Waals surface area contributed by atoms with E-state index < -0.39 is 24.0 Å². The molecule has 0 unspecified atom stereocenters. The summed E-state index contributed by atoms with van der Waals surface area (Å²) in [7, 11) is 1.24. The smallest absolute Gasteiger partial charge is 0.328 e. The fourth-order valence-electron chi connectivity index (χ4n) is 2.11. The molecule has 1 amide bonds. The van der Waals surface area contributed by atoms with Crippen LogP contribution in [0, 0.1) is 17.2 Å². The van der Waals surface area contributed by atoms with E-state index in [9.17, 15) is 14.7 Å². The second-order valence-corrected chi connectivity index (χ2v) is 5.74. The fourth-order valence-corrected chi connectivity index (χ4v) is 2.11. The van der Waals surface area contributed by atoms with E-state index in [0.717, 1.165) is 5.56 Å². The maximum absolute atomic E-state index is 12.0. The lowest BCUT2D eigenvalue weighted by molar-refractivity contribution is -0.146. The highest BCUT2D eigenvalue weighted by Crippen LogP contribution is 2.09. The number of carbonyl (C=O) groups is 2. The maximum atomic E-state index is 12.0. The second-order valence-electron chi connectivity index (χ2n) is 5.74. The Kier molecular flexibility index (Phi) is 7.23. The van der Waals surface area contributed by atoms with Gasteiger partial charge in [-0.15, -0.1) is 0 Å². The Labute approximate surface area is 136 Å². The lowest BCUT2D eigenvalue weighted by Gasteiger charge is -2.19. The third kappa shape index (κ3) is 6.09. The summed E-state index contributed by atoms with van der Waals surface area (Å²) in [6.45, 7) is 3.79. The molecule has 0 bridgehead atoms. The molecule has 0 aliphatic carbocycles. The number of nitrogens with zero attached hydrogens (tertiary/aromatic N) is 1. The van der Waals surface area contributed by atoms with Crippen molar-refractivity contribution < 1.29 is 19.4 Å². The zero-order valence-electron chi connectivity index (χ0n) is 13.6. The summed E-state index contributed by atoms with van der Waals surface area (Å²) in [6.07, 6.45) is -0.627. The van der Waals surface area contributed by atoms with Crippen LogP contribution in [-0.4, -0.2) is 36.2 Å². The highest BCUT2D eigenvalue weighted by molar-refractivity contribution is 5.87. The molecule has 0 saturated heterocycles. The number of carbonyl (C=O) groups excluding carboxylic acids is 2. The van der Waals surface area contributed by atoms with Crippen molar-refractivity contribution in [1.29, 1.82) is 5.26 Å². The highest BCUT2D eigenvalue weighted by Gasteiger charge is 2.25. The van der Waals surface area contributed by atoms with Crippen LogP contribution in [0.25, 0.3) is 0 Å². The second kappa shape index (κ2) is 8.91. The van der Waals surface area contributed by atoms with Gasteiger partial charge in [0, 0.05) is 6.42 Å². The van der Waals surface area contributed by atoms with Crippen LogP contribution in [0.1, 0.15) is 31.4 Å². The number of benzene rings is 1. The Bertz CT molecular complexity index is 575. The van der Waals surface area contributed by atoms with Gasteiger partial charge in [-0.25, -0.2) is 4.79 Å². The van der Waals surface area contributed by atoms with E-state index in [1.54, 1.807) is 24.3 Å². The van der Waals surface area contributed by atoms with Crippen molar-refractivity contribution in [3.05, 3.63) is 35.4 Å². The van der Waals surface area contributed by atoms with Crippen molar-refractivity contribution in [1.82, 2.24) is 5.32 Å². The summed E-state index contributed by atoms with van der Waals surface area (Å²) in [5, 5.41) is 21.1. The predicted octanol–water partition coefficient (Wildman–Crippen LogP) is 1.17. The Morgan fingerprint density at radius 3 is 2.39 bits per heavy atom. The Morgan fingerprint density at radius 2 is 1.91 bits per heavy atom. The quantitative estimate of drug-likeness (QED) is 0.735. The largest absolute Gasteiger partial charge is 0.467 e. The molecule has 0 aromatic heterocycles. The van der Waals surface area contributed by atoms with Gasteiger partial charge in [-0.1, -0.05) is 26.0 Å². The Balaban J connectivity index is 2.78. The van der Waals surface area contributed by atoms with E-state index in [0.29, 0.717) is 12.0 Å². The molecule has 0 saturated carbocycles. The van der Waals surface area contributed by atoms with Crippen LogP contribution in [0.2, 0.25) is 0 Å². The number of rotatable bonds is 7. The first-order chi connectivity index (χ1) is 10.9. The van der Waals surface area contributed by atoms with Crippen LogP contribution in [-0.2, 0) is 20.7 Å². The van der Waals surface area contributed by atoms with Crippen LogP contribution in [0.5, 0.6) is 0 Å². The number of aliphatic hydroxyl groups excluding tert-OH is 1. The minimum Gasteiger partial charge on any atom is -0.467 e. The van der Waals surface area contributed by atoms with Crippen LogP contribution < -0.4 is 5.32 Å². The molecular weight excluding hydrogens is 296 g/mol. The van der Waals surface area contributed by atoms with E-state index in [4.69, 9.17) is 10.00 Å². The molecule has 1 aromatic rings. The molecule has 6 heteroatoms. The van der Waals surface area contributed by atoms with Crippen molar-refractivity contribution in [2.24, 2.45) is 5.92 Å². The molecule has 1 rings (SSSR count). The number of ether oxygens (including phenoxy) is 1. The molecule has 23 heavy (non-hydrogen) atoms. The average Bonchev–Trinajstić information content (AvgIpc) is 2.53. The molecule has 0 aliphatic heterocycles. The first kappa shape index (κ1) is 18.7. The number of hydrogen-bond acceptors (Lipinski definition) is 5. The number of esters is 1. The van der Waals surface area contributed by atoms with Gasteiger partial charge in [0.25, 0.3) is 0 Å². The van der Waals surface area contributed by atoms with Crippen molar-refractivity contribution in [3.8, 4) is 6.07 Å². The summed E-state index contributed by atoms with van der Waals surface area (Å²) in [6, 6.07) is 7.83. The van der Waals surface area contributed by atoms with E-state index >= 15 is 0 Å². The number of amides is 1. The van der Waals surface area contributed by atoms with Crippen molar-refractivity contribution in [2.45, 2.75) is 38.8 Å². The molecule has 6 nitrogen and oxygen atoms in total. The van der Waals surface area contributed by atoms with Crippen LogP contribution in [0.15, 0.2) is 24.3 Å². The molecule has 124 valence electrons. The summed E-state index contributed by atoms with van der Waals surface area (Å²) >= 11 is 0. The normalized spacial score (nSPS) is 13.0. The highest BCUT2D eigenvalue weighted by atomic mass is 16.5. The molecule has 0 heterocycles. The molecule has 0 radical (unpaired) electrons. The van der Waals surface area contributed by atoms with E-state index in [1.807, 2.05) is 19.9 Å². The molecule has 0 fully saturated rings. The van der Waals surface area contributed by atoms with Gasteiger partial charge < -0.3 is 15.2 Å². The zero-order chi connectivity index (χ0) is 17.4. The number of nitriles is 1. The molecule has 2 N–H and O–H groups in total. The SMILES string of the molecule is COC(=O)[C@H](Cc1ccc(C#N)cc1)NC(=O)[C@H](O)CC(C)C. The lowest BCUT2D eigenvalue weighted by atomic mass is 10.0. The molecule has 2 atom stereocenters. The third-order valence-electron chi connectivity index (χ3n) is 3.32. The first-order valence-corrected chi connectivity index (χ1v) is 7.42. The summed E-state index contributed by atoms with van der Waals surface area (Å²) in [4.78, 5) is 23.8. The van der Waals surface area contributed by atoms with Crippen LogP contribution in [0.3, 0.4) is 0 Å². The molecular formula is C17H22N2O4. The number of aliphatic hydroxyl groups is 1. The number of nitrogens with one attached hydrogen (secondary N) is 1. The average molecular weight is 318 g/mol. The fraction of sp³-hybridized carbons (Fsp3) is 0.471. The van der Waals surface area contributed by atoms with Gasteiger partial charge in [-0.2, -0.15) is 5.26 Å². The monoisotopic (exact) mass is 318 g/mol. The van der Waals surface area contributed by atoms with Gasteiger partial charge in [0.15, 0.2) is 0 Å². The third-order valence-corrected chi connectivity index (χ3v) is 3.32. The lowest BCUT2D eigenvalue weighted by Crippen LogP contribution is -2.47. The molecule has 1 aromatic carbocycles. The zero-order valence-corrected chi connectivity index (χ0v) is 13.6. The summed E-state index contributed by atoms with van der Waals surface area (Å²) in [5.41, 5.74) is 1.29. The van der Waals surface area contributed by atoms with Crippen molar-refractivity contribution in [3.63, 3.8) is 0 Å². The number of methoxy groups -OCH3 is 1. The van der Waals surface area contributed by atoms with Gasteiger partial charge in [0.1, 0.15) is 12.1 Å². The van der Waals surface area contributed by atoms with Gasteiger partial charge in [-0.3, -0.25) is 4.79 Å². The number of hydrogen-bond donors (Lipinski definition) is 2. The minimum atomic E-state index is -1.16. The first-order valence-electron chi connectivity index (χ1n) is 7.42. The van der Waals surface area contributed by atoms with Crippen LogP contribution >= 0.6 is 0 Å². The summed E-state index contributed by atoms with van der Waals surface area (Å²) in [5.74, 6) is -1.02. The van der Waals surface area contributed by atoms with Gasteiger partial charge >= 0.3 is 5.97 Å². The van der Waals surface area contributed by atoms with Gasteiger partial charge in [0.05, 0.1) is 18.7 Å². The molecule has 0 aliphatic rings. The standard InChI is InChI=1S/C17H22N2O4/c1-11(2)8-15(20)16(21)19-14(17(22)23-3)9-12-4-6-13(10-18)7-5-12/h4-7,11,14-15,20H,8-9H2,1-3H3,(H,19,21)/t14-,15+/m0/s1. The topological polar surface area (TPSA) is 99.4 Å². The van der Waals surface area contributed by atoms with Crippen molar-refractivity contribution in [2.75, 3.05) is 7.11 Å². The Hall–Kier alpha value is -2.39. The van der Waals surface area contributed by atoms with Crippen LogP contribution in [0.4, 0.5) is 0 Å². The molecule has 0 spiro atoms. The predicted molar refractivity (Wildman–Crippen MR) is 84.3 cm³/mol.